The van der Waals surface area contributed by atoms with Gasteiger partial charge in [0.15, 0.2) is 18.1 Å². The molecular formula is C17H16INO5. The molecule has 0 unspecified atom stereocenters. The molecule has 0 spiro atoms. The Morgan fingerprint density at radius 1 is 1.08 bits per heavy atom. The Morgan fingerprint density at radius 2 is 1.88 bits per heavy atom. The molecule has 0 aliphatic carbocycles. The first-order valence-corrected chi connectivity index (χ1v) is 8.06. The van der Waals surface area contributed by atoms with E-state index in [1.54, 1.807) is 18.2 Å². The van der Waals surface area contributed by atoms with Gasteiger partial charge in [0, 0.05) is 9.26 Å². The van der Waals surface area contributed by atoms with Gasteiger partial charge in [-0.1, -0.05) is 6.07 Å². The van der Waals surface area contributed by atoms with Crippen LogP contribution in [0.1, 0.15) is 10.4 Å². The summed E-state index contributed by atoms with van der Waals surface area (Å²) in [4.78, 5) is 23.5. The highest BCUT2D eigenvalue weighted by Gasteiger charge is 2.12. The molecule has 6 nitrogen and oxygen atoms in total. The van der Waals surface area contributed by atoms with Crippen molar-refractivity contribution in [3.05, 3.63) is 51.6 Å². The molecule has 2 aromatic rings. The topological polar surface area (TPSA) is 73.9 Å². The molecule has 0 atom stereocenters. The lowest BCUT2D eigenvalue weighted by Gasteiger charge is -2.12. The molecule has 0 saturated carbocycles. The van der Waals surface area contributed by atoms with Gasteiger partial charge in [-0.05, 0) is 59.0 Å². The summed E-state index contributed by atoms with van der Waals surface area (Å²) in [7, 11) is 2.75. The SMILES string of the molecule is COC(=O)c1ccc(OCC(=O)Nc2cccc(I)c2)c(OC)c1. The predicted molar refractivity (Wildman–Crippen MR) is 97.6 cm³/mol. The lowest BCUT2D eigenvalue weighted by molar-refractivity contribution is -0.118. The summed E-state index contributed by atoms with van der Waals surface area (Å²) < 4.78 is 16.3. The number of rotatable bonds is 6. The molecule has 0 radical (unpaired) electrons. The number of benzene rings is 2. The Morgan fingerprint density at radius 3 is 2.54 bits per heavy atom. The number of carbonyl (C=O) groups excluding carboxylic acids is 2. The highest BCUT2D eigenvalue weighted by molar-refractivity contribution is 14.1. The Kier molecular flexibility index (Phi) is 6.42. The summed E-state index contributed by atoms with van der Waals surface area (Å²) in [6.45, 7) is -0.181. The van der Waals surface area contributed by atoms with Gasteiger partial charge >= 0.3 is 5.97 Å². The zero-order chi connectivity index (χ0) is 17.5. The number of hydrogen-bond donors (Lipinski definition) is 1. The monoisotopic (exact) mass is 441 g/mol. The van der Waals surface area contributed by atoms with Crippen molar-refractivity contribution in [2.75, 3.05) is 26.1 Å². The van der Waals surface area contributed by atoms with Crippen LogP contribution in [0, 0.1) is 3.57 Å². The van der Waals surface area contributed by atoms with Crippen LogP contribution in [0.15, 0.2) is 42.5 Å². The Bertz CT molecular complexity index is 748. The maximum atomic E-state index is 12.0. The van der Waals surface area contributed by atoms with E-state index in [2.05, 4.69) is 32.6 Å². The number of methoxy groups -OCH3 is 2. The number of amides is 1. The smallest absolute Gasteiger partial charge is 0.337 e. The fourth-order valence-corrected chi connectivity index (χ4v) is 2.48. The largest absolute Gasteiger partial charge is 0.493 e. The maximum Gasteiger partial charge on any atom is 0.337 e. The summed E-state index contributed by atoms with van der Waals surface area (Å²) >= 11 is 2.17. The molecule has 0 saturated heterocycles. The fourth-order valence-electron chi connectivity index (χ4n) is 1.94. The van der Waals surface area contributed by atoms with Crippen LogP contribution in [0.4, 0.5) is 5.69 Å². The number of ether oxygens (including phenoxy) is 3. The average Bonchev–Trinajstić information content (AvgIpc) is 2.59. The van der Waals surface area contributed by atoms with Crippen LogP contribution >= 0.6 is 22.6 Å². The number of hydrogen-bond acceptors (Lipinski definition) is 5. The van der Waals surface area contributed by atoms with E-state index in [0.717, 1.165) is 3.57 Å². The van der Waals surface area contributed by atoms with Crippen molar-refractivity contribution in [3.8, 4) is 11.5 Å². The van der Waals surface area contributed by atoms with Crippen LogP contribution in [-0.2, 0) is 9.53 Å². The minimum absolute atomic E-state index is 0.181. The van der Waals surface area contributed by atoms with E-state index >= 15 is 0 Å². The van der Waals surface area contributed by atoms with E-state index < -0.39 is 5.97 Å². The van der Waals surface area contributed by atoms with Crippen LogP contribution in [0.5, 0.6) is 11.5 Å². The van der Waals surface area contributed by atoms with Gasteiger partial charge in [0.05, 0.1) is 19.8 Å². The van der Waals surface area contributed by atoms with Gasteiger partial charge in [0.1, 0.15) is 0 Å². The molecule has 7 heteroatoms. The van der Waals surface area contributed by atoms with Crippen molar-refractivity contribution in [1.82, 2.24) is 0 Å². The van der Waals surface area contributed by atoms with E-state index in [1.807, 2.05) is 18.2 Å². The molecule has 0 aliphatic rings. The quantitative estimate of drug-likeness (QED) is 0.551. The van der Waals surface area contributed by atoms with Gasteiger partial charge < -0.3 is 19.5 Å². The number of nitrogens with one attached hydrogen (secondary N) is 1. The van der Waals surface area contributed by atoms with E-state index in [1.165, 1.54) is 20.3 Å². The van der Waals surface area contributed by atoms with Crippen molar-refractivity contribution < 1.29 is 23.8 Å². The van der Waals surface area contributed by atoms with Gasteiger partial charge in [0.2, 0.25) is 0 Å². The number of esters is 1. The molecule has 0 heterocycles. The first-order valence-electron chi connectivity index (χ1n) is 6.98. The Balaban J connectivity index is 2.00. The molecule has 0 fully saturated rings. The minimum atomic E-state index is -0.476. The Hall–Kier alpha value is -2.29. The standard InChI is InChI=1S/C17H16INO5/c1-22-15-8-11(17(21)23-2)6-7-14(15)24-10-16(20)19-13-5-3-4-12(18)9-13/h3-9H,10H2,1-2H3,(H,19,20). The lowest BCUT2D eigenvalue weighted by atomic mass is 10.2. The number of halogens is 1. The molecule has 2 rings (SSSR count). The normalized spacial score (nSPS) is 9.96. The van der Waals surface area contributed by atoms with Crippen molar-refractivity contribution >= 4 is 40.2 Å². The van der Waals surface area contributed by atoms with Crippen molar-refractivity contribution in [3.63, 3.8) is 0 Å². The predicted octanol–water partition coefficient (Wildman–Crippen LogP) is 3.10. The minimum Gasteiger partial charge on any atom is -0.493 e. The second-order valence-electron chi connectivity index (χ2n) is 4.70. The third-order valence-corrected chi connectivity index (χ3v) is 3.72. The summed E-state index contributed by atoms with van der Waals surface area (Å²) in [5, 5.41) is 2.75. The van der Waals surface area contributed by atoms with Crippen LogP contribution in [-0.4, -0.2) is 32.7 Å². The fraction of sp³-hybridized carbons (Fsp3) is 0.176. The van der Waals surface area contributed by atoms with Crippen molar-refractivity contribution in [2.24, 2.45) is 0 Å². The third-order valence-electron chi connectivity index (χ3n) is 3.05. The summed E-state index contributed by atoms with van der Waals surface area (Å²) in [5.74, 6) is -0.0599. The summed E-state index contributed by atoms with van der Waals surface area (Å²) in [6, 6.07) is 12.0. The molecule has 24 heavy (non-hydrogen) atoms. The first kappa shape index (κ1) is 18.1. The molecule has 0 aliphatic heterocycles. The van der Waals surface area contributed by atoms with E-state index in [-0.39, 0.29) is 12.5 Å². The van der Waals surface area contributed by atoms with Gasteiger partial charge in [-0.25, -0.2) is 4.79 Å². The molecule has 1 amide bonds. The van der Waals surface area contributed by atoms with Crippen LogP contribution in [0.2, 0.25) is 0 Å². The molecule has 0 aromatic heterocycles. The van der Waals surface area contributed by atoms with Crippen LogP contribution < -0.4 is 14.8 Å². The third kappa shape index (κ3) is 4.85. The molecule has 2 aromatic carbocycles. The van der Waals surface area contributed by atoms with Crippen molar-refractivity contribution in [1.29, 1.82) is 0 Å². The number of carbonyl (C=O) groups is 2. The molecule has 0 bridgehead atoms. The van der Waals surface area contributed by atoms with Crippen molar-refractivity contribution in [2.45, 2.75) is 0 Å². The second kappa shape index (κ2) is 8.53. The zero-order valence-corrected chi connectivity index (χ0v) is 15.3. The second-order valence-corrected chi connectivity index (χ2v) is 5.95. The molecule has 1 N–H and O–H groups in total. The summed E-state index contributed by atoms with van der Waals surface area (Å²) in [6.07, 6.45) is 0. The maximum absolute atomic E-state index is 12.0. The molecular weight excluding hydrogens is 425 g/mol. The van der Waals surface area contributed by atoms with E-state index in [4.69, 9.17) is 9.47 Å². The highest BCUT2D eigenvalue weighted by Crippen LogP contribution is 2.28. The van der Waals surface area contributed by atoms with E-state index in [9.17, 15) is 9.59 Å². The molecule has 126 valence electrons. The highest BCUT2D eigenvalue weighted by atomic mass is 127. The zero-order valence-electron chi connectivity index (χ0n) is 13.2. The van der Waals surface area contributed by atoms with Gasteiger partial charge in [-0.3, -0.25) is 4.79 Å². The van der Waals surface area contributed by atoms with Crippen LogP contribution in [0.25, 0.3) is 0 Å². The average molecular weight is 441 g/mol. The first-order chi connectivity index (χ1) is 11.5. The van der Waals surface area contributed by atoms with Crippen LogP contribution in [0.3, 0.4) is 0 Å². The summed E-state index contributed by atoms with van der Waals surface area (Å²) in [5.41, 5.74) is 1.04. The number of anilines is 1. The lowest BCUT2D eigenvalue weighted by Crippen LogP contribution is -2.20. The van der Waals surface area contributed by atoms with Gasteiger partial charge in [-0.2, -0.15) is 0 Å². The van der Waals surface area contributed by atoms with Gasteiger partial charge in [0.25, 0.3) is 5.91 Å². The Labute approximate surface area is 153 Å². The van der Waals surface area contributed by atoms with E-state index in [0.29, 0.717) is 22.7 Å². The van der Waals surface area contributed by atoms with Gasteiger partial charge in [-0.15, -0.1) is 0 Å².